The highest BCUT2D eigenvalue weighted by atomic mass is 16.5. The van der Waals surface area contributed by atoms with E-state index in [1.54, 1.807) is 12.3 Å². The van der Waals surface area contributed by atoms with E-state index in [1.165, 1.54) is 17.3 Å². The van der Waals surface area contributed by atoms with Gasteiger partial charge in [-0.25, -0.2) is 0 Å². The first-order valence-electron chi connectivity index (χ1n) is 6.02. The van der Waals surface area contributed by atoms with Gasteiger partial charge in [0.05, 0.1) is 17.2 Å². The van der Waals surface area contributed by atoms with Gasteiger partial charge < -0.3 is 10.1 Å². The quantitative estimate of drug-likeness (QED) is 0.748. The molecule has 3 rings (SSSR count). The van der Waals surface area contributed by atoms with Crippen molar-refractivity contribution in [1.82, 2.24) is 4.73 Å². The van der Waals surface area contributed by atoms with Crippen LogP contribution in [0.1, 0.15) is 11.1 Å². The lowest BCUT2D eigenvalue weighted by Gasteiger charge is -2.30. The number of hydrogen-bond donors (Lipinski definition) is 2. The van der Waals surface area contributed by atoms with Crippen LogP contribution in [-0.4, -0.2) is 16.5 Å². The van der Waals surface area contributed by atoms with Crippen LogP contribution in [0.2, 0.25) is 0 Å². The zero-order chi connectivity index (χ0) is 12.5. The highest BCUT2D eigenvalue weighted by Crippen LogP contribution is 2.21. The topological polar surface area (TPSA) is 52.3 Å². The Hall–Kier alpha value is -2.23. The molecule has 0 saturated heterocycles. The van der Waals surface area contributed by atoms with Crippen LogP contribution in [0.5, 0.6) is 0 Å². The average Bonchev–Trinajstić information content (AvgIpc) is 2.41. The van der Waals surface area contributed by atoms with Crippen molar-refractivity contribution in [3.8, 4) is 0 Å². The number of fused-ring (bicyclic) bond motifs is 1. The summed E-state index contributed by atoms with van der Waals surface area (Å²) in [6.45, 7) is 1.68. The van der Waals surface area contributed by atoms with E-state index in [0.717, 1.165) is 29.9 Å². The van der Waals surface area contributed by atoms with E-state index in [0.29, 0.717) is 5.36 Å². The molecule has 0 radical (unpaired) electrons. The van der Waals surface area contributed by atoms with Crippen molar-refractivity contribution >= 4 is 5.69 Å². The Bertz CT molecular complexity index is 633. The molecule has 1 aromatic heterocycles. The number of aromatic nitrogens is 1. The van der Waals surface area contributed by atoms with Crippen molar-refractivity contribution in [3.63, 3.8) is 0 Å². The van der Waals surface area contributed by atoms with E-state index in [4.69, 9.17) is 5.41 Å². The molecule has 1 aromatic carbocycles. The molecule has 0 unspecified atom stereocenters. The summed E-state index contributed by atoms with van der Waals surface area (Å²) in [6, 6.07) is 10.00. The molecule has 0 aliphatic carbocycles. The Morgan fingerprint density at radius 1 is 1.11 bits per heavy atom. The average molecular weight is 241 g/mol. The third kappa shape index (κ3) is 1.86. The molecule has 1 aliphatic heterocycles. The van der Waals surface area contributed by atoms with Crippen molar-refractivity contribution in [1.29, 1.82) is 5.41 Å². The minimum absolute atomic E-state index is 0.444. The van der Waals surface area contributed by atoms with Gasteiger partial charge in [-0.15, -0.1) is 0 Å². The number of hydrogen-bond acceptors (Lipinski definition) is 3. The molecule has 4 nitrogen and oxygen atoms in total. The Morgan fingerprint density at radius 2 is 1.89 bits per heavy atom. The fourth-order valence-electron chi connectivity index (χ4n) is 2.43. The molecule has 0 amide bonds. The SMILES string of the molecule is N=c1ccn(O)cc1N1CCc2ccccc2C1. The Balaban J connectivity index is 1.96. The highest BCUT2D eigenvalue weighted by Gasteiger charge is 2.17. The summed E-state index contributed by atoms with van der Waals surface area (Å²) in [5.41, 5.74) is 3.46. The molecule has 0 saturated carbocycles. The number of nitrogens with zero attached hydrogens (tertiary/aromatic N) is 2. The van der Waals surface area contributed by atoms with Gasteiger partial charge >= 0.3 is 0 Å². The molecule has 2 aromatic rings. The van der Waals surface area contributed by atoms with E-state index in [9.17, 15) is 5.21 Å². The van der Waals surface area contributed by atoms with Crippen LogP contribution in [0.4, 0.5) is 5.69 Å². The minimum Gasteiger partial charge on any atom is -0.429 e. The maximum absolute atomic E-state index is 9.47. The van der Waals surface area contributed by atoms with E-state index >= 15 is 0 Å². The Kier molecular flexibility index (Phi) is 2.55. The molecular weight excluding hydrogens is 226 g/mol. The summed E-state index contributed by atoms with van der Waals surface area (Å²) in [6.07, 6.45) is 4.05. The maximum atomic E-state index is 9.47. The Labute approximate surface area is 105 Å². The predicted octanol–water partition coefficient (Wildman–Crippen LogP) is 1.77. The molecule has 2 heterocycles. The zero-order valence-electron chi connectivity index (χ0n) is 10.0. The van der Waals surface area contributed by atoms with Crippen LogP contribution >= 0.6 is 0 Å². The van der Waals surface area contributed by atoms with E-state index < -0.39 is 0 Å². The van der Waals surface area contributed by atoms with Gasteiger partial charge in [-0.1, -0.05) is 24.3 Å². The van der Waals surface area contributed by atoms with Gasteiger partial charge in [-0.3, -0.25) is 5.41 Å². The summed E-state index contributed by atoms with van der Waals surface area (Å²) in [5.74, 6) is 0. The molecule has 2 N–H and O–H groups in total. The number of rotatable bonds is 1. The van der Waals surface area contributed by atoms with Gasteiger partial charge in [-0.05, 0) is 23.6 Å². The van der Waals surface area contributed by atoms with Crippen LogP contribution < -0.4 is 10.3 Å². The van der Waals surface area contributed by atoms with Gasteiger partial charge in [0, 0.05) is 19.3 Å². The fourth-order valence-corrected chi connectivity index (χ4v) is 2.43. The second-order valence-electron chi connectivity index (χ2n) is 4.56. The van der Waals surface area contributed by atoms with Crippen LogP contribution in [0.15, 0.2) is 42.7 Å². The molecule has 92 valence electrons. The van der Waals surface area contributed by atoms with Crippen LogP contribution in [-0.2, 0) is 13.0 Å². The van der Waals surface area contributed by atoms with Crippen molar-refractivity contribution in [2.24, 2.45) is 0 Å². The molecule has 1 aliphatic rings. The van der Waals surface area contributed by atoms with E-state index in [2.05, 4.69) is 23.1 Å². The largest absolute Gasteiger partial charge is 0.429 e. The lowest BCUT2D eigenvalue weighted by Crippen LogP contribution is -2.34. The van der Waals surface area contributed by atoms with Crippen molar-refractivity contribution in [3.05, 3.63) is 59.2 Å². The van der Waals surface area contributed by atoms with Crippen molar-refractivity contribution in [2.45, 2.75) is 13.0 Å². The van der Waals surface area contributed by atoms with E-state index in [-0.39, 0.29) is 0 Å². The highest BCUT2D eigenvalue weighted by molar-refractivity contribution is 5.47. The standard InChI is InChI=1S/C14H15N3O/c15-13-6-8-17(18)10-14(13)16-7-5-11-3-1-2-4-12(11)9-16/h1-4,6,8,10,15,18H,5,7,9H2. The Morgan fingerprint density at radius 3 is 2.72 bits per heavy atom. The normalized spacial score (nSPS) is 14.3. The van der Waals surface area contributed by atoms with Gasteiger partial charge in [0.15, 0.2) is 0 Å². The first-order valence-corrected chi connectivity index (χ1v) is 6.02. The van der Waals surface area contributed by atoms with Crippen molar-refractivity contribution in [2.75, 3.05) is 11.4 Å². The number of pyridine rings is 1. The first kappa shape index (κ1) is 10.9. The molecule has 0 bridgehead atoms. The summed E-state index contributed by atoms with van der Waals surface area (Å²) >= 11 is 0. The second-order valence-corrected chi connectivity index (χ2v) is 4.56. The minimum atomic E-state index is 0.444. The van der Waals surface area contributed by atoms with Crippen LogP contribution in [0.3, 0.4) is 0 Å². The van der Waals surface area contributed by atoms with Gasteiger partial charge in [-0.2, -0.15) is 4.73 Å². The van der Waals surface area contributed by atoms with Crippen LogP contribution in [0.25, 0.3) is 0 Å². The van der Waals surface area contributed by atoms with E-state index in [1.807, 2.05) is 6.07 Å². The van der Waals surface area contributed by atoms with Crippen LogP contribution in [0, 0.1) is 5.41 Å². The lowest BCUT2D eigenvalue weighted by atomic mass is 9.99. The summed E-state index contributed by atoms with van der Waals surface area (Å²) < 4.78 is 1.01. The van der Waals surface area contributed by atoms with Crippen molar-refractivity contribution < 1.29 is 5.21 Å². The van der Waals surface area contributed by atoms with Gasteiger partial charge in [0.2, 0.25) is 0 Å². The number of anilines is 1. The molecule has 0 atom stereocenters. The number of benzene rings is 1. The lowest BCUT2D eigenvalue weighted by molar-refractivity contribution is 0.184. The molecule has 0 fully saturated rings. The first-order chi connectivity index (χ1) is 8.74. The summed E-state index contributed by atoms with van der Waals surface area (Å²) in [4.78, 5) is 2.14. The smallest absolute Gasteiger partial charge is 0.0824 e. The monoisotopic (exact) mass is 241 g/mol. The number of nitrogens with one attached hydrogen (secondary N) is 1. The summed E-state index contributed by atoms with van der Waals surface area (Å²) in [7, 11) is 0. The fraction of sp³-hybridized carbons (Fsp3) is 0.214. The van der Waals surface area contributed by atoms with Gasteiger partial charge in [0.1, 0.15) is 0 Å². The molecule has 0 spiro atoms. The maximum Gasteiger partial charge on any atom is 0.0824 e. The molecule has 4 heteroatoms. The van der Waals surface area contributed by atoms with Gasteiger partial charge in [0.25, 0.3) is 0 Å². The molecular formula is C14H15N3O. The predicted molar refractivity (Wildman–Crippen MR) is 68.7 cm³/mol. The third-order valence-corrected chi connectivity index (χ3v) is 3.40. The third-order valence-electron chi connectivity index (χ3n) is 3.40. The second kappa shape index (κ2) is 4.22. The summed E-state index contributed by atoms with van der Waals surface area (Å²) in [5, 5.41) is 17.8. The zero-order valence-corrected chi connectivity index (χ0v) is 10.0. The molecule has 18 heavy (non-hydrogen) atoms.